The summed E-state index contributed by atoms with van der Waals surface area (Å²) >= 11 is 6.04. The maximum absolute atomic E-state index is 12.8. The van der Waals surface area contributed by atoms with Crippen LogP contribution >= 0.6 is 11.6 Å². The fourth-order valence-corrected chi connectivity index (χ4v) is 3.47. The molecule has 5 heteroatoms. The van der Waals surface area contributed by atoms with E-state index in [1.54, 1.807) is 12.1 Å². The van der Waals surface area contributed by atoms with Gasteiger partial charge >= 0.3 is 5.97 Å². The number of carbonyl (C=O) groups is 1. The normalized spacial score (nSPS) is 13.0. The molecule has 0 spiro atoms. The second-order valence-corrected chi connectivity index (χ2v) is 13.1. The third-order valence-electron chi connectivity index (χ3n) is 4.95. The summed E-state index contributed by atoms with van der Waals surface area (Å²) < 4.78 is 11.7. The van der Waals surface area contributed by atoms with E-state index in [1.807, 2.05) is 42.5 Å². The van der Waals surface area contributed by atoms with Crippen molar-refractivity contribution < 1.29 is 14.0 Å². The fourth-order valence-electron chi connectivity index (χ4n) is 2.31. The van der Waals surface area contributed by atoms with Crippen LogP contribution in [0.15, 0.2) is 54.6 Å². The Hall–Kier alpha value is -2.04. The summed E-state index contributed by atoms with van der Waals surface area (Å²) in [6.45, 7) is 10.8. The zero-order valence-corrected chi connectivity index (χ0v) is 18.6. The zero-order valence-electron chi connectivity index (χ0n) is 16.8. The van der Waals surface area contributed by atoms with Crippen LogP contribution in [-0.2, 0) is 14.0 Å². The summed E-state index contributed by atoms with van der Waals surface area (Å²) in [6, 6.07) is 16.8. The van der Waals surface area contributed by atoms with Crippen LogP contribution in [0.2, 0.25) is 23.2 Å². The Kier molecular flexibility index (Phi) is 6.55. The summed E-state index contributed by atoms with van der Waals surface area (Å²) in [4.78, 5) is 12.8. The summed E-state index contributed by atoms with van der Waals surface area (Å²) in [6.07, 6.45) is 0. The molecule has 0 radical (unpaired) electrons. The lowest BCUT2D eigenvalue weighted by molar-refractivity contribution is -0.133. The lowest BCUT2D eigenvalue weighted by atomic mass is 10.0. The van der Waals surface area contributed by atoms with E-state index >= 15 is 0 Å². The maximum atomic E-state index is 12.8. The number of hydrogen-bond acceptors (Lipinski definition) is 3. The Morgan fingerprint density at radius 2 is 1.48 bits per heavy atom. The van der Waals surface area contributed by atoms with Crippen molar-refractivity contribution in [2.75, 3.05) is 7.11 Å². The molecule has 3 nitrogen and oxygen atoms in total. The number of ether oxygens (including phenoxy) is 1. The number of carbonyl (C=O) groups excluding carboxylic acids is 1. The minimum atomic E-state index is -2.21. The van der Waals surface area contributed by atoms with Crippen LogP contribution in [0, 0.1) is 0 Å². The van der Waals surface area contributed by atoms with E-state index in [2.05, 4.69) is 33.9 Å². The molecule has 0 saturated carbocycles. The molecule has 0 heterocycles. The molecule has 0 aliphatic heterocycles. The first-order valence-electron chi connectivity index (χ1n) is 8.90. The number of benzene rings is 2. The van der Waals surface area contributed by atoms with Crippen LogP contribution in [0.3, 0.4) is 0 Å². The highest BCUT2D eigenvalue weighted by Gasteiger charge is 2.40. The Morgan fingerprint density at radius 3 is 1.96 bits per heavy atom. The molecule has 2 aromatic rings. The van der Waals surface area contributed by atoms with E-state index in [9.17, 15) is 4.79 Å². The first-order chi connectivity index (χ1) is 12.6. The average molecular weight is 403 g/mol. The molecule has 2 rings (SSSR count). The quantitative estimate of drug-likeness (QED) is 0.191. The van der Waals surface area contributed by atoms with Crippen LogP contribution in [-0.4, -0.2) is 21.4 Å². The Morgan fingerprint density at radius 1 is 0.926 bits per heavy atom. The molecule has 27 heavy (non-hydrogen) atoms. The van der Waals surface area contributed by atoms with Crippen LogP contribution in [0.5, 0.6) is 0 Å². The van der Waals surface area contributed by atoms with Crippen LogP contribution in [0.25, 0.3) is 11.3 Å². The van der Waals surface area contributed by atoms with Crippen molar-refractivity contribution in [1.29, 1.82) is 0 Å². The predicted octanol–water partition coefficient (Wildman–Crippen LogP) is 6.40. The third kappa shape index (κ3) is 5.02. The number of rotatable bonds is 5. The molecule has 144 valence electrons. The van der Waals surface area contributed by atoms with Gasteiger partial charge < -0.3 is 9.16 Å². The van der Waals surface area contributed by atoms with Gasteiger partial charge in [0.05, 0.1) is 7.11 Å². The smallest absolute Gasteiger partial charge is 0.342 e. The van der Waals surface area contributed by atoms with Gasteiger partial charge in [-0.05, 0) is 35.8 Å². The van der Waals surface area contributed by atoms with Crippen LogP contribution < -0.4 is 0 Å². The number of hydrogen-bond donors (Lipinski definition) is 0. The molecule has 0 N–H and O–H groups in total. The van der Waals surface area contributed by atoms with Crippen molar-refractivity contribution >= 4 is 37.2 Å². The van der Waals surface area contributed by atoms with E-state index in [-0.39, 0.29) is 5.04 Å². The monoisotopic (exact) mass is 402 g/mol. The molecular weight excluding hydrogens is 376 g/mol. The number of methoxy groups -OCH3 is 1. The highest BCUT2D eigenvalue weighted by Crippen LogP contribution is 2.41. The molecule has 0 aliphatic rings. The predicted molar refractivity (Wildman–Crippen MR) is 115 cm³/mol. The first-order valence-corrected chi connectivity index (χ1v) is 12.2. The van der Waals surface area contributed by atoms with Crippen molar-refractivity contribution in [1.82, 2.24) is 0 Å². The second-order valence-electron chi connectivity index (χ2n) is 7.93. The van der Waals surface area contributed by atoms with Gasteiger partial charge in [-0.2, -0.15) is 0 Å². The topological polar surface area (TPSA) is 35.5 Å². The molecule has 0 unspecified atom stereocenters. The van der Waals surface area contributed by atoms with Crippen molar-refractivity contribution in [3.63, 3.8) is 0 Å². The number of halogens is 1. The van der Waals surface area contributed by atoms with Gasteiger partial charge in [0.25, 0.3) is 8.32 Å². The van der Waals surface area contributed by atoms with Crippen LogP contribution in [0.4, 0.5) is 0 Å². The van der Waals surface area contributed by atoms with Gasteiger partial charge in [0.15, 0.2) is 0 Å². The minimum absolute atomic E-state index is 0.0196. The molecule has 0 fully saturated rings. The maximum Gasteiger partial charge on any atom is 0.342 e. The van der Waals surface area contributed by atoms with Crippen molar-refractivity contribution in [3.8, 4) is 0 Å². The summed E-state index contributed by atoms with van der Waals surface area (Å²) in [7, 11) is -0.826. The Bertz CT molecular complexity index is 819. The molecular formula is C22H27ClO3Si. The van der Waals surface area contributed by atoms with Gasteiger partial charge in [-0.3, -0.25) is 0 Å². The van der Waals surface area contributed by atoms with E-state index in [4.69, 9.17) is 20.8 Å². The van der Waals surface area contributed by atoms with Crippen molar-refractivity contribution in [2.24, 2.45) is 0 Å². The lowest BCUT2D eigenvalue weighted by Gasteiger charge is -2.38. The zero-order chi connectivity index (χ0) is 20.2. The Labute approximate surface area is 168 Å². The molecule has 0 aliphatic carbocycles. The van der Waals surface area contributed by atoms with Gasteiger partial charge in [0, 0.05) is 10.6 Å². The summed E-state index contributed by atoms with van der Waals surface area (Å²) in [5.41, 5.74) is 1.96. The van der Waals surface area contributed by atoms with E-state index in [0.29, 0.717) is 21.9 Å². The Balaban J connectivity index is 2.76. The van der Waals surface area contributed by atoms with E-state index in [1.165, 1.54) is 7.11 Å². The van der Waals surface area contributed by atoms with Crippen molar-refractivity contribution in [2.45, 2.75) is 38.9 Å². The number of esters is 1. The first kappa shape index (κ1) is 21.3. The molecule has 0 bridgehead atoms. The highest BCUT2D eigenvalue weighted by atomic mass is 35.5. The second kappa shape index (κ2) is 8.32. The fraction of sp³-hybridized carbons (Fsp3) is 0.318. The van der Waals surface area contributed by atoms with Gasteiger partial charge in [0.1, 0.15) is 11.3 Å². The molecule has 2 aromatic carbocycles. The van der Waals surface area contributed by atoms with Gasteiger partial charge in [-0.25, -0.2) is 4.79 Å². The van der Waals surface area contributed by atoms with Gasteiger partial charge in [0.2, 0.25) is 0 Å². The van der Waals surface area contributed by atoms with E-state index in [0.717, 1.165) is 5.56 Å². The lowest BCUT2D eigenvalue weighted by Crippen LogP contribution is -2.40. The molecule has 0 saturated heterocycles. The van der Waals surface area contributed by atoms with E-state index < -0.39 is 14.3 Å². The third-order valence-corrected chi connectivity index (χ3v) is 9.53. The molecule has 0 atom stereocenters. The minimum Gasteiger partial charge on any atom is -0.543 e. The average Bonchev–Trinajstić information content (AvgIpc) is 2.62. The summed E-state index contributed by atoms with van der Waals surface area (Å²) in [5, 5.41) is 0.586. The molecule has 0 amide bonds. The largest absolute Gasteiger partial charge is 0.543 e. The standard InChI is InChI=1S/C22H27ClO3Si/c1-22(2,3)27(5,6)26-20(17-10-8-7-9-11-17)19(21(24)25-4)16-12-14-18(23)15-13-16/h7-15H,1-6H3/b20-19-. The van der Waals surface area contributed by atoms with Crippen LogP contribution in [0.1, 0.15) is 31.9 Å². The SMILES string of the molecule is COC(=O)/C(=C(\O[Si](C)(C)C(C)(C)C)c1ccccc1)c1ccc(Cl)cc1. The van der Waals surface area contributed by atoms with Gasteiger partial charge in [-0.15, -0.1) is 0 Å². The molecule has 0 aromatic heterocycles. The summed E-state index contributed by atoms with van der Waals surface area (Å²) in [5.74, 6) is 0.117. The highest BCUT2D eigenvalue weighted by molar-refractivity contribution is 6.75. The van der Waals surface area contributed by atoms with Gasteiger partial charge in [-0.1, -0.05) is 74.8 Å². The van der Waals surface area contributed by atoms with Crippen molar-refractivity contribution in [3.05, 3.63) is 70.7 Å².